The molecule has 8 nitrogen and oxygen atoms in total. The van der Waals surface area contributed by atoms with E-state index >= 15 is 0 Å². The Labute approximate surface area is 160 Å². The highest BCUT2D eigenvalue weighted by Gasteiger charge is 2.57. The third kappa shape index (κ3) is 4.99. The summed E-state index contributed by atoms with van der Waals surface area (Å²) in [6, 6.07) is -0.715. The van der Waals surface area contributed by atoms with Gasteiger partial charge in [-0.25, -0.2) is 0 Å². The average Bonchev–Trinajstić information content (AvgIpc) is 3.03. The van der Waals surface area contributed by atoms with E-state index in [1.165, 1.54) is 0 Å². The molecule has 0 spiro atoms. The maximum atomic E-state index is 12.2. The molecule has 0 saturated carbocycles. The monoisotopic (exact) mass is 399 g/mol. The number of fused-ring (bicyclic) bond motifs is 1. The number of nitrogens with one attached hydrogen (secondary N) is 1. The summed E-state index contributed by atoms with van der Waals surface area (Å²) in [7, 11) is -1.36. The Kier molecular flexibility index (Phi) is 9.71. The van der Waals surface area contributed by atoms with Crippen LogP contribution in [0.2, 0.25) is 6.32 Å². The number of carboxylic acid groups (broad SMARTS) is 1. The molecule has 2 aliphatic rings. The number of carbonyl (C=O) groups is 2. The number of amides is 1. The summed E-state index contributed by atoms with van der Waals surface area (Å²) >= 11 is 0. The third-order valence-corrected chi connectivity index (χ3v) is 5.14. The fourth-order valence-corrected chi connectivity index (χ4v) is 3.98. The molecule has 2 aliphatic heterocycles. The fraction of sp³-hybridized carbons (Fsp3) is 0.857. The number of hydrogen-bond donors (Lipinski definition) is 5. The number of rotatable bonds is 7. The van der Waals surface area contributed by atoms with Gasteiger partial charge < -0.3 is 25.8 Å². The molecule has 0 aliphatic carbocycles. The van der Waals surface area contributed by atoms with Gasteiger partial charge in [0.2, 0.25) is 5.91 Å². The number of hydrogen-bond acceptors (Lipinski definition) is 6. The molecule has 2 rings (SSSR count). The van der Waals surface area contributed by atoms with Crippen LogP contribution in [0.3, 0.4) is 0 Å². The predicted octanol–water partition coefficient (Wildman–Crippen LogP) is -0.536. The van der Waals surface area contributed by atoms with Crippen molar-refractivity contribution in [2.24, 2.45) is 11.7 Å². The zero-order chi connectivity index (χ0) is 17.2. The molecule has 0 unspecified atom stereocenters. The Morgan fingerprint density at radius 3 is 2.52 bits per heavy atom. The van der Waals surface area contributed by atoms with Gasteiger partial charge in [0.05, 0.1) is 6.04 Å². The first-order chi connectivity index (χ1) is 10.8. The number of unbranched alkanes of at least 4 members (excludes halogenated alkanes) is 1. The summed E-state index contributed by atoms with van der Waals surface area (Å²) < 4.78 is 0. The van der Waals surface area contributed by atoms with Crippen LogP contribution in [0.15, 0.2) is 0 Å². The van der Waals surface area contributed by atoms with Gasteiger partial charge in [-0.3, -0.25) is 14.9 Å². The van der Waals surface area contributed by atoms with Crippen molar-refractivity contribution in [2.45, 2.75) is 56.5 Å². The van der Waals surface area contributed by atoms with Crippen LogP contribution >= 0.6 is 24.8 Å². The maximum absolute atomic E-state index is 12.2. The molecule has 25 heavy (non-hydrogen) atoms. The molecule has 4 atom stereocenters. The molecule has 0 aromatic rings. The minimum atomic E-state index is -1.36. The van der Waals surface area contributed by atoms with Gasteiger partial charge in [-0.2, -0.15) is 0 Å². The molecular weight excluding hydrogens is 372 g/mol. The van der Waals surface area contributed by atoms with Crippen LogP contribution in [0.25, 0.3) is 0 Å². The number of nitrogens with two attached hydrogens (primary N) is 1. The summed E-state index contributed by atoms with van der Waals surface area (Å²) in [4.78, 5) is 25.8. The predicted molar refractivity (Wildman–Crippen MR) is 99.0 cm³/mol. The number of carboxylic acids is 1. The van der Waals surface area contributed by atoms with E-state index in [4.69, 9.17) is 15.8 Å². The number of likely N-dealkylation sites (tertiary alicyclic amines) is 1. The van der Waals surface area contributed by atoms with Gasteiger partial charge >= 0.3 is 13.1 Å². The first-order valence-electron chi connectivity index (χ1n) is 8.20. The number of aliphatic carboxylic acids is 1. The van der Waals surface area contributed by atoms with E-state index in [0.29, 0.717) is 38.8 Å². The lowest BCUT2D eigenvalue weighted by Crippen LogP contribution is -2.52. The van der Waals surface area contributed by atoms with E-state index in [2.05, 4.69) is 5.32 Å². The van der Waals surface area contributed by atoms with Crippen LogP contribution < -0.4 is 11.1 Å². The first kappa shape index (κ1) is 24.4. The average molecular weight is 400 g/mol. The molecule has 6 N–H and O–H groups in total. The van der Waals surface area contributed by atoms with Crippen LogP contribution in [0.1, 0.15) is 32.6 Å². The van der Waals surface area contributed by atoms with Crippen LogP contribution in [0, 0.1) is 5.92 Å². The normalized spacial score (nSPS) is 28.6. The second-order valence-electron chi connectivity index (χ2n) is 6.67. The summed E-state index contributed by atoms with van der Waals surface area (Å²) in [5.74, 6) is -1.17. The number of carbonyl (C=O) groups excluding carboxylic acids is 1. The summed E-state index contributed by atoms with van der Waals surface area (Å²) in [6.45, 7) is 2.64. The Hall–Kier alpha value is -0.575. The lowest BCUT2D eigenvalue weighted by atomic mass is 9.77. The van der Waals surface area contributed by atoms with Gasteiger partial charge in [0.1, 0.15) is 5.54 Å². The molecule has 2 fully saturated rings. The van der Waals surface area contributed by atoms with Crippen LogP contribution in [-0.4, -0.2) is 69.8 Å². The van der Waals surface area contributed by atoms with Crippen molar-refractivity contribution in [3.05, 3.63) is 0 Å². The quantitative estimate of drug-likeness (QED) is 0.286. The topological polar surface area (TPSA) is 136 Å². The molecule has 0 bridgehead atoms. The highest BCUT2D eigenvalue weighted by Crippen LogP contribution is 2.41. The van der Waals surface area contributed by atoms with Crippen molar-refractivity contribution in [3.8, 4) is 0 Å². The van der Waals surface area contributed by atoms with Gasteiger partial charge in [-0.1, -0.05) is 12.8 Å². The highest BCUT2D eigenvalue weighted by molar-refractivity contribution is 6.40. The zero-order valence-electron chi connectivity index (χ0n) is 14.3. The lowest BCUT2D eigenvalue weighted by molar-refractivity contribution is -0.146. The lowest BCUT2D eigenvalue weighted by Gasteiger charge is -2.31. The molecule has 11 heteroatoms. The molecule has 146 valence electrons. The van der Waals surface area contributed by atoms with Crippen molar-refractivity contribution in [1.82, 2.24) is 10.2 Å². The second-order valence-corrected chi connectivity index (χ2v) is 6.67. The maximum Gasteiger partial charge on any atom is 0.451 e. The van der Waals surface area contributed by atoms with Crippen molar-refractivity contribution >= 4 is 43.8 Å². The molecule has 0 aromatic carbocycles. The Balaban J connectivity index is 0.00000288. The largest absolute Gasteiger partial charge is 0.480 e. The molecule has 2 saturated heterocycles. The number of halogens is 2. The molecule has 0 radical (unpaired) electrons. The second kappa shape index (κ2) is 9.94. The van der Waals surface area contributed by atoms with E-state index in [1.807, 2.05) is 0 Å². The summed E-state index contributed by atoms with van der Waals surface area (Å²) in [5.41, 5.74) is 4.63. The Morgan fingerprint density at radius 1 is 1.36 bits per heavy atom. The van der Waals surface area contributed by atoms with Gasteiger partial charge in [-0.05, 0) is 26.1 Å². The van der Waals surface area contributed by atoms with Gasteiger partial charge in [0.15, 0.2) is 0 Å². The minimum absolute atomic E-state index is 0. The van der Waals surface area contributed by atoms with E-state index in [0.717, 1.165) is 0 Å². The summed E-state index contributed by atoms with van der Waals surface area (Å²) in [6.07, 6.45) is 2.43. The van der Waals surface area contributed by atoms with E-state index < -0.39 is 24.7 Å². The standard InChI is InChI=1S/C14H26BN3O5.2ClH/c1-9(16)12(19)18-7-4-10-11(18)8-17-14(10,13(20)21)5-2-3-6-15(22)23;;/h9-11,17,22-23H,2-8,16H2,1H3,(H,20,21);2*1H/t9-,10+,11+,14-;;/m1../s1. The van der Waals surface area contributed by atoms with E-state index in [1.54, 1.807) is 11.8 Å². The van der Waals surface area contributed by atoms with Crippen molar-refractivity contribution in [3.63, 3.8) is 0 Å². The van der Waals surface area contributed by atoms with E-state index in [9.17, 15) is 14.7 Å². The van der Waals surface area contributed by atoms with Crippen molar-refractivity contribution < 1.29 is 24.7 Å². The van der Waals surface area contributed by atoms with Crippen molar-refractivity contribution in [1.29, 1.82) is 0 Å². The van der Waals surface area contributed by atoms with Gasteiger partial charge in [-0.15, -0.1) is 24.8 Å². The smallest absolute Gasteiger partial charge is 0.451 e. The van der Waals surface area contributed by atoms with Gasteiger partial charge in [0, 0.05) is 25.0 Å². The molecule has 1 amide bonds. The van der Waals surface area contributed by atoms with Crippen LogP contribution in [0.4, 0.5) is 0 Å². The molecular formula is C14H28BCl2N3O5. The van der Waals surface area contributed by atoms with Crippen LogP contribution in [0.5, 0.6) is 0 Å². The SMILES string of the molecule is C[C@@H](N)C(=O)N1CC[C@H]2[C@@H]1CN[C@@]2(CCCCB(O)O)C(=O)O.Cl.Cl. The Morgan fingerprint density at radius 2 is 2.00 bits per heavy atom. The van der Waals surface area contributed by atoms with E-state index in [-0.39, 0.29) is 49.0 Å². The highest BCUT2D eigenvalue weighted by atomic mass is 35.5. The summed E-state index contributed by atoms with van der Waals surface area (Å²) in [5, 5.41) is 30.7. The van der Waals surface area contributed by atoms with Crippen LogP contribution in [-0.2, 0) is 9.59 Å². The van der Waals surface area contributed by atoms with Crippen molar-refractivity contribution in [2.75, 3.05) is 13.1 Å². The molecule has 0 aromatic heterocycles. The Bertz CT molecular complexity index is 472. The molecule has 2 heterocycles. The zero-order valence-corrected chi connectivity index (χ0v) is 15.9. The number of nitrogens with zero attached hydrogens (tertiary/aromatic N) is 1. The first-order valence-corrected chi connectivity index (χ1v) is 8.20. The third-order valence-electron chi connectivity index (χ3n) is 5.14. The van der Waals surface area contributed by atoms with Gasteiger partial charge in [0.25, 0.3) is 0 Å². The minimum Gasteiger partial charge on any atom is -0.480 e. The fourth-order valence-electron chi connectivity index (χ4n) is 3.98.